The SMILES string of the molecule is COc1ccc(CC(CNC2CC2)COCc2ccccc2)cc1. The highest BCUT2D eigenvalue weighted by Gasteiger charge is 2.22. The van der Waals surface area contributed by atoms with Gasteiger partial charge in [0.25, 0.3) is 0 Å². The van der Waals surface area contributed by atoms with Crippen molar-refractivity contribution in [2.24, 2.45) is 5.92 Å². The summed E-state index contributed by atoms with van der Waals surface area (Å²) in [7, 11) is 1.70. The van der Waals surface area contributed by atoms with Crippen molar-refractivity contribution >= 4 is 0 Å². The molecular formula is C21H27NO2. The maximum atomic E-state index is 5.99. The fraction of sp³-hybridized carbons (Fsp3) is 0.429. The molecule has 0 saturated heterocycles. The highest BCUT2D eigenvalue weighted by atomic mass is 16.5. The van der Waals surface area contributed by atoms with E-state index in [-0.39, 0.29) is 0 Å². The first-order valence-corrected chi connectivity index (χ1v) is 8.81. The highest BCUT2D eigenvalue weighted by molar-refractivity contribution is 5.27. The molecule has 1 saturated carbocycles. The second-order valence-electron chi connectivity index (χ2n) is 6.60. The minimum absolute atomic E-state index is 0.489. The molecule has 1 aliphatic carbocycles. The first-order valence-electron chi connectivity index (χ1n) is 8.81. The number of rotatable bonds is 10. The van der Waals surface area contributed by atoms with Crippen molar-refractivity contribution in [3.8, 4) is 5.75 Å². The summed E-state index contributed by atoms with van der Waals surface area (Å²) in [5, 5.41) is 3.64. The van der Waals surface area contributed by atoms with Crippen LogP contribution in [0.25, 0.3) is 0 Å². The molecule has 1 fully saturated rings. The third kappa shape index (κ3) is 5.66. The average molecular weight is 325 g/mol. The van der Waals surface area contributed by atoms with Crippen LogP contribution < -0.4 is 10.1 Å². The van der Waals surface area contributed by atoms with Crippen molar-refractivity contribution in [2.75, 3.05) is 20.3 Å². The molecule has 3 nitrogen and oxygen atoms in total. The van der Waals surface area contributed by atoms with Crippen LogP contribution >= 0.6 is 0 Å². The number of benzene rings is 2. The zero-order valence-corrected chi connectivity index (χ0v) is 14.4. The third-order valence-electron chi connectivity index (χ3n) is 4.42. The van der Waals surface area contributed by atoms with Gasteiger partial charge in [0.2, 0.25) is 0 Å². The molecule has 0 spiro atoms. The topological polar surface area (TPSA) is 30.5 Å². The minimum Gasteiger partial charge on any atom is -0.497 e. The van der Waals surface area contributed by atoms with E-state index in [0.717, 1.165) is 31.4 Å². The van der Waals surface area contributed by atoms with Crippen molar-refractivity contribution in [1.29, 1.82) is 0 Å². The lowest BCUT2D eigenvalue weighted by Crippen LogP contribution is -2.29. The van der Waals surface area contributed by atoms with Crippen LogP contribution in [0.15, 0.2) is 54.6 Å². The van der Waals surface area contributed by atoms with Crippen LogP contribution in [0, 0.1) is 5.92 Å². The normalized spacial score (nSPS) is 15.2. The Kier molecular flexibility index (Phi) is 6.27. The Hall–Kier alpha value is -1.84. The predicted octanol–water partition coefficient (Wildman–Crippen LogP) is 3.82. The lowest BCUT2D eigenvalue weighted by atomic mass is 10.00. The number of hydrogen-bond acceptors (Lipinski definition) is 3. The van der Waals surface area contributed by atoms with Crippen LogP contribution in [0.4, 0.5) is 0 Å². The second-order valence-corrected chi connectivity index (χ2v) is 6.60. The van der Waals surface area contributed by atoms with E-state index in [1.165, 1.54) is 24.0 Å². The van der Waals surface area contributed by atoms with Gasteiger partial charge in [-0.15, -0.1) is 0 Å². The van der Waals surface area contributed by atoms with Crippen LogP contribution in [0.3, 0.4) is 0 Å². The van der Waals surface area contributed by atoms with Crippen molar-refractivity contribution in [3.05, 3.63) is 65.7 Å². The van der Waals surface area contributed by atoms with Gasteiger partial charge in [-0.2, -0.15) is 0 Å². The van der Waals surface area contributed by atoms with Gasteiger partial charge < -0.3 is 14.8 Å². The van der Waals surface area contributed by atoms with E-state index in [1.807, 2.05) is 18.2 Å². The van der Waals surface area contributed by atoms with E-state index in [4.69, 9.17) is 9.47 Å². The highest BCUT2D eigenvalue weighted by Crippen LogP contribution is 2.20. The molecule has 3 rings (SSSR count). The van der Waals surface area contributed by atoms with Crippen LogP contribution in [-0.2, 0) is 17.8 Å². The molecule has 1 aliphatic rings. The van der Waals surface area contributed by atoms with E-state index in [0.29, 0.717) is 12.5 Å². The van der Waals surface area contributed by atoms with Gasteiger partial charge in [-0.05, 0) is 48.4 Å². The molecule has 0 aliphatic heterocycles. The van der Waals surface area contributed by atoms with Gasteiger partial charge in [0.1, 0.15) is 5.75 Å². The molecule has 1 N–H and O–H groups in total. The Labute approximate surface area is 145 Å². The molecule has 128 valence electrons. The van der Waals surface area contributed by atoms with Gasteiger partial charge >= 0.3 is 0 Å². The van der Waals surface area contributed by atoms with Gasteiger partial charge in [-0.3, -0.25) is 0 Å². The summed E-state index contributed by atoms with van der Waals surface area (Å²) < 4.78 is 11.2. The van der Waals surface area contributed by atoms with Crippen molar-refractivity contribution < 1.29 is 9.47 Å². The molecule has 0 amide bonds. The fourth-order valence-electron chi connectivity index (χ4n) is 2.82. The van der Waals surface area contributed by atoms with Crippen LogP contribution in [0.2, 0.25) is 0 Å². The molecule has 0 bridgehead atoms. The van der Waals surface area contributed by atoms with Crippen molar-refractivity contribution in [3.63, 3.8) is 0 Å². The van der Waals surface area contributed by atoms with Gasteiger partial charge in [-0.25, -0.2) is 0 Å². The minimum atomic E-state index is 0.489. The maximum Gasteiger partial charge on any atom is 0.118 e. The zero-order valence-electron chi connectivity index (χ0n) is 14.4. The molecular weight excluding hydrogens is 298 g/mol. The largest absolute Gasteiger partial charge is 0.497 e. The number of methoxy groups -OCH3 is 1. The number of hydrogen-bond donors (Lipinski definition) is 1. The average Bonchev–Trinajstić information content (AvgIpc) is 3.45. The van der Waals surface area contributed by atoms with Gasteiger partial charge in [0.05, 0.1) is 20.3 Å². The van der Waals surface area contributed by atoms with Gasteiger partial charge in [0.15, 0.2) is 0 Å². The lowest BCUT2D eigenvalue weighted by molar-refractivity contribution is 0.0864. The summed E-state index contributed by atoms with van der Waals surface area (Å²) in [6.45, 7) is 2.48. The summed E-state index contributed by atoms with van der Waals surface area (Å²) >= 11 is 0. The molecule has 1 atom stereocenters. The van der Waals surface area contributed by atoms with Crippen LogP contribution in [-0.4, -0.2) is 26.3 Å². The standard InChI is InChI=1S/C21H27NO2/c1-23-21-11-7-17(8-12-21)13-19(14-22-20-9-10-20)16-24-15-18-5-3-2-4-6-18/h2-8,11-12,19-20,22H,9-10,13-16H2,1H3. The third-order valence-corrected chi connectivity index (χ3v) is 4.42. The number of nitrogens with one attached hydrogen (secondary N) is 1. The molecule has 2 aromatic rings. The molecule has 0 aromatic heterocycles. The van der Waals surface area contributed by atoms with Crippen molar-refractivity contribution in [2.45, 2.75) is 31.9 Å². The Bertz CT molecular complexity index is 593. The predicted molar refractivity (Wildman–Crippen MR) is 97.3 cm³/mol. The first kappa shape index (κ1) is 17.0. The molecule has 0 radical (unpaired) electrons. The fourth-order valence-corrected chi connectivity index (χ4v) is 2.82. The van der Waals surface area contributed by atoms with Crippen molar-refractivity contribution in [1.82, 2.24) is 5.32 Å². The Morgan fingerprint density at radius 2 is 1.75 bits per heavy atom. The summed E-state index contributed by atoms with van der Waals surface area (Å²) in [4.78, 5) is 0. The Morgan fingerprint density at radius 3 is 2.42 bits per heavy atom. The first-order chi connectivity index (χ1) is 11.8. The van der Waals surface area contributed by atoms with E-state index in [1.54, 1.807) is 7.11 Å². The van der Waals surface area contributed by atoms with Gasteiger partial charge in [-0.1, -0.05) is 42.5 Å². The molecule has 2 aromatic carbocycles. The van der Waals surface area contributed by atoms with E-state index < -0.39 is 0 Å². The van der Waals surface area contributed by atoms with Gasteiger partial charge in [0, 0.05) is 12.6 Å². The lowest BCUT2D eigenvalue weighted by Gasteiger charge is -2.18. The molecule has 1 unspecified atom stereocenters. The number of ether oxygens (including phenoxy) is 2. The van der Waals surface area contributed by atoms with Crippen LogP contribution in [0.5, 0.6) is 5.75 Å². The monoisotopic (exact) mass is 325 g/mol. The van der Waals surface area contributed by atoms with Crippen LogP contribution in [0.1, 0.15) is 24.0 Å². The quantitative estimate of drug-likeness (QED) is 0.720. The Morgan fingerprint density at radius 1 is 1.00 bits per heavy atom. The van der Waals surface area contributed by atoms with E-state index in [2.05, 4.69) is 41.7 Å². The second kappa shape index (κ2) is 8.86. The summed E-state index contributed by atoms with van der Waals surface area (Å²) in [6.07, 6.45) is 3.67. The molecule has 24 heavy (non-hydrogen) atoms. The van der Waals surface area contributed by atoms with E-state index >= 15 is 0 Å². The summed E-state index contributed by atoms with van der Waals surface area (Å²) in [5.74, 6) is 1.40. The Balaban J connectivity index is 1.51. The maximum absolute atomic E-state index is 5.99. The molecule has 3 heteroatoms. The summed E-state index contributed by atoms with van der Waals surface area (Å²) in [6, 6.07) is 19.5. The zero-order chi connectivity index (χ0) is 16.6. The smallest absolute Gasteiger partial charge is 0.118 e. The molecule has 0 heterocycles. The van der Waals surface area contributed by atoms with E-state index in [9.17, 15) is 0 Å². The summed E-state index contributed by atoms with van der Waals surface area (Å²) in [5.41, 5.74) is 2.57.